The molecule has 2 atom stereocenters. The first-order valence-electron chi connectivity index (χ1n) is 5.69. The molecule has 2 unspecified atom stereocenters. The molecule has 1 amide bonds. The number of ketones is 1. The van der Waals surface area contributed by atoms with Crippen LogP contribution in [0, 0.1) is 0 Å². The van der Waals surface area contributed by atoms with E-state index in [2.05, 4.69) is 5.32 Å². The first-order chi connectivity index (χ1) is 7.88. The van der Waals surface area contributed by atoms with E-state index in [1.54, 1.807) is 6.92 Å². The summed E-state index contributed by atoms with van der Waals surface area (Å²) in [7, 11) is 0. The van der Waals surface area contributed by atoms with E-state index in [4.69, 9.17) is 10.8 Å². The number of hydrogen-bond donors (Lipinski definition) is 3. The third-order valence-electron chi connectivity index (χ3n) is 2.36. The molecule has 0 aliphatic heterocycles. The van der Waals surface area contributed by atoms with E-state index in [1.807, 2.05) is 6.92 Å². The minimum Gasteiger partial charge on any atom is -0.480 e. The van der Waals surface area contributed by atoms with Crippen LogP contribution in [-0.4, -0.2) is 34.8 Å². The standard InChI is InChI=1S/C11H20N2O4/c1-3-4-9(14)7(2)13-10(15)6-5-8(12)11(16)17/h7-8H,3-6,12H2,1-2H3,(H,13,15)(H,16,17). The van der Waals surface area contributed by atoms with Gasteiger partial charge in [-0.25, -0.2) is 0 Å². The van der Waals surface area contributed by atoms with Gasteiger partial charge in [0.25, 0.3) is 0 Å². The van der Waals surface area contributed by atoms with Gasteiger partial charge in [-0.2, -0.15) is 0 Å². The summed E-state index contributed by atoms with van der Waals surface area (Å²) in [6.45, 7) is 3.51. The predicted molar refractivity (Wildman–Crippen MR) is 62.4 cm³/mol. The Labute approximate surface area is 101 Å². The SMILES string of the molecule is CCCC(=O)C(C)NC(=O)CCC(N)C(=O)O. The fourth-order valence-corrected chi connectivity index (χ4v) is 1.27. The zero-order chi connectivity index (χ0) is 13.4. The van der Waals surface area contributed by atoms with Gasteiger partial charge in [-0.3, -0.25) is 14.4 Å². The Morgan fingerprint density at radius 2 is 1.88 bits per heavy atom. The third kappa shape index (κ3) is 6.68. The molecule has 0 rings (SSSR count). The summed E-state index contributed by atoms with van der Waals surface area (Å²) in [4.78, 5) is 33.2. The second-order valence-electron chi connectivity index (χ2n) is 3.99. The van der Waals surface area contributed by atoms with Gasteiger partial charge in [0, 0.05) is 12.8 Å². The van der Waals surface area contributed by atoms with Crippen LogP contribution in [0.2, 0.25) is 0 Å². The van der Waals surface area contributed by atoms with Crippen LogP contribution >= 0.6 is 0 Å². The molecule has 0 fully saturated rings. The summed E-state index contributed by atoms with van der Waals surface area (Å²) >= 11 is 0. The number of carboxylic acids is 1. The lowest BCUT2D eigenvalue weighted by atomic mass is 10.1. The Kier molecular flexibility index (Phi) is 7.13. The number of carboxylic acid groups (broad SMARTS) is 1. The smallest absolute Gasteiger partial charge is 0.320 e. The van der Waals surface area contributed by atoms with Crippen LogP contribution in [0.1, 0.15) is 39.5 Å². The van der Waals surface area contributed by atoms with E-state index in [0.29, 0.717) is 6.42 Å². The van der Waals surface area contributed by atoms with Crippen LogP contribution < -0.4 is 11.1 Å². The second kappa shape index (κ2) is 7.78. The van der Waals surface area contributed by atoms with E-state index >= 15 is 0 Å². The zero-order valence-electron chi connectivity index (χ0n) is 10.2. The fraction of sp³-hybridized carbons (Fsp3) is 0.727. The molecule has 6 heteroatoms. The topological polar surface area (TPSA) is 109 Å². The molecule has 0 saturated heterocycles. The Balaban J connectivity index is 3.93. The minimum atomic E-state index is -1.13. The summed E-state index contributed by atoms with van der Waals surface area (Å²) in [5, 5.41) is 11.0. The number of aliphatic carboxylic acids is 1. The second-order valence-corrected chi connectivity index (χ2v) is 3.99. The van der Waals surface area contributed by atoms with Crippen LogP contribution in [0.25, 0.3) is 0 Å². The van der Waals surface area contributed by atoms with Crippen LogP contribution in [0.5, 0.6) is 0 Å². The lowest BCUT2D eigenvalue weighted by molar-refractivity contribution is -0.138. The first kappa shape index (κ1) is 15.6. The molecular formula is C11H20N2O4. The van der Waals surface area contributed by atoms with Crippen LogP contribution in [-0.2, 0) is 14.4 Å². The highest BCUT2D eigenvalue weighted by atomic mass is 16.4. The fourth-order valence-electron chi connectivity index (χ4n) is 1.27. The van der Waals surface area contributed by atoms with Crippen molar-refractivity contribution in [2.45, 2.75) is 51.6 Å². The van der Waals surface area contributed by atoms with Crippen LogP contribution in [0.15, 0.2) is 0 Å². The Morgan fingerprint density at radius 1 is 1.29 bits per heavy atom. The maximum absolute atomic E-state index is 11.4. The number of carbonyl (C=O) groups is 3. The number of rotatable bonds is 8. The van der Waals surface area contributed by atoms with Gasteiger partial charge in [0.1, 0.15) is 6.04 Å². The predicted octanol–water partition coefficient (Wildman–Crippen LogP) is 0.0524. The van der Waals surface area contributed by atoms with Gasteiger partial charge in [-0.15, -0.1) is 0 Å². The van der Waals surface area contributed by atoms with Gasteiger partial charge >= 0.3 is 5.97 Å². The van der Waals surface area contributed by atoms with Crippen molar-refractivity contribution in [1.29, 1.82) is 0 Å². The third-order valence-corrected chi connectivity index (χ3v) is 2.36. The zero-order valence-corrected chi connectivity index (χ0v) is 10.2. The molecule has 0 aromatic rings. The van der Waals surface area contributed by atoms with Crippen molar-refractivity contribution < 1.29 is 19.5 Å². The lowest BCUT2D eigenvalue weighted by Gasteiger charge is -2.13. The minimum absolute atomic E-state index is 0.0111. The number of carbonyl (C=O) groups excluding carboxylic acids is 2. The normalized spacial score (nSPS) is 13.8. The highest BCUT2D eigenvalue weighted by Crippen LogP contribution is 1.98. The van der Waals surface area contributed by atoms with Crippen molar-refractivity contribution in [3.05, 3.63) is 0 Å². The molecule has 0 bridgehead atoms. The molecule has 0 spiro atoms. The maximum Gasteiger partial charge on any atom is 0.320 e. The molecule has 0 saturated carbocycles. The van der Waals surface area contributed by atoms with Crippen molar-refractivity contribution in [3.63, 3.8) is 0 Å². The molecule has 0 heterocycles. The molecule has 98 valence electrons. The van der Waals surface area contributed by atoms with Gasteiger partial charge in [-0.05, 0) is 19.8 Å². The number of Topliss-reactive ketones (excluding diaryl/α,β-unsaturated/α-hetero) is 1. The van der Waals surface area contributed by atoms with Crippen LogP contribution in [0.3, 0.4) is 0 Å². The lowest BCUT2D eigenvalue weighted by Crippen LogP contribution is -2.39. The molecule has 6 nitrogen and oxygen atoms in total. The summed E-state index contributed by atoms with van der Waals surface area (Å²) < 4.78 is 0. The quantitative estimate of drug-likeness (QED) is 0.559. The first-order valence-corrected chi connectivity index (χ1v) is 5.69. The van der Waals surface area contributed by atoms with Crippen LogP contribution in [0.4, 0.5) is 0 Å². The van der Waals surface area contributed by atoms with E-state index in [0.717, 1.165) is 6.42 Å². The summed E-state index contributed by atoms with van der Waals surface area (Å²) in [6, 6.07) is -1.56. The Bertz CT molecular complexity index is 291. The van der Waals surface area contributed by atoms with Crippen molar-refractivity contribution in [3.8, 4) is 0 Å². The molecule has 0 radical (unpaired) electrons. The van der Waals surface area contributed by atoms with E-state index in [-0.39, 0.29) is 24.5 Å². The molecular weight excluding hydrogens is 224 g/mol. The van der Waals surface area contributed by atoms with Gasteiger partial charge in [0.15, 0.2) is 5.78 Å². The van der Waals surface area contributed by atoms with Crippen molar-refractivity contribution in [1.82, 2.24) is 5.32 Å². The number of amides is 1. The summed E-state index contributed by atoms with van der Waals surface area (Å²) in [5.41, 5.74) is 5.26. The number of nitrogens with two attached hydrogens (primary N) is 1. The van der Waals surface area contributed by atoms with Gasteiger partial charge in [0.2, 0.25) is 5.91 Å². The highest BCUT2D eigenvalue weighted by molar-refractivity contribution is 5.88. The van der Waals surface area contributed by atoms with Crippen molar-refractivity contribution in [2.24, 2.45) is 5.73 Å². The molecule has 0 aliphatic rings. The Morgan fingerprint density at radius 3 is 2.35 bits per heavy atom. The van der Waals surface area contributed by atoms with Gasteiger partial charge < -0.3 is 16.2 Å². The van der Waals surface area contributed by atoms with E-state index in [1.165, 1.54) is 0 Å². The number of nitrogens with one attached hydrogen (secondary N) is 1. The summed E-state index contributed by atoms with van der Waals surface area (Å²) in [6.07, 6.45) is 1.24. The molecule has 0 aromatic heterocycles. The molecule has 0 aliphatic carbocycles. The molecule has 0 aromatic carbocycles. The van der Waals surface area contributed by atoms with Gasteiger partial charge in [-0.1, -0.05) is 6.92 Å². The highest BCUT2D eigenvalue weighted by Gasteiger charge is 2.17. The molecule has 4 N–H and O–H groups in total. The summed E-state index contributed by atoms with van der Waals surface area (Å²) in [5.74, 6) is -1.50. The largest absolute Gasteiger partial charge is 0.480 e. The average Bonchev–Trinajstić information content (AvgIpc) is 2.25. The number of hydrogen-bond acceptors (Lipinski definition) is 4. The van der Waals surface area contributed by atoms with Crippen molar-refractivity contribution >= 4 is 17.7 Å². The Hall–Kier alpha value is -1.43. The maximum atomic E-state index is 11.4. The molecule has 17 heavy (non-hydrogen) atoms. The van der Waals surface area contributed by atoms with Gasteiger partial charge in [0.05, 0.1) is 6.04 Å². The van der Waals surface area contributed by atoms with Crippen molar-refractivity contribution in [2.75, 3.05) is 0 Å². The average molecular weight is 244 g/mol. The van der Waals surface area contributed by atoms with E-state index in [9.17, 15) is 14.4 Å². The monoisotopic (exact) mass is 244 g/mol. The van der Waals surface area contributed by atoms with E-state index < -0.39 is 18.1 Å².